The first-order valence-electron chi connectivity index (χ1n) is 13.0. The summed E-state index contributed by atoms with van der Waals surface area (Å²) in [4.78, 5) is 40.4. The van der Waals surface area contributed by atoms with Gasteiger partial charge >= 0.3 is 18.0 Å². The van der Waals surface area contributed by atoms with E-state index in [9.17, 15) is 23.2 Å². The second kappa shape index (κ2) is 13.8. The molecule has 4 rings (SSSR count). The highest BCUT2D eigenvalue weighted by molar-refractivity contribution is 6.08. The zero-order chi connectivity index (χ0) is 30.9. The molecule has 12 heteroatoms. The van der Waals surface area contributed by atoms with E-state index in [2.05, 4.69) is 5.22 Å². The van der Waals surface area contributed by atoms with E-state index in [1.807, 2.05) is 35.6 Å². The number of hydrogen-bond donors (Lipinski definition) is 2. The minimum atomic E-state index is -1.37. The number of rotatable bonds is 9. The Labute approximate surface area is 245 Å². The number of nitrogens with zero attached hydrogens (tertiary/aromatic N) is 3. The van der Waals surface area contributed by atoms with Crippen molar-refractivity contribution in [1.29, 1.82) is 5.53 Å². The largest absolute Gasteiger partial charge is 0.457 e. The van der Waals surface area contributed by atoms with Crippen LogP contribution in [0.15, 0.2) is 102 Å². The lowest BCUT2D eigenvalue weighted by Crippen LogP contribution is -2.50. The first kappa shape index (κ1) is 30.3. The van der Waals surface area contributed by atoms with Crippen molar-refractivity contribution >= 4 is 29.4 Å². The van der Waals surface area contributed by atoms with Gasteiger partial charge in [-0.2, -0.15) is 10.5 Å². The number of halogens is 2. The highest BCUT2D eigenvalue weighted by Crippen LogP contribution is 2.35. The minimum Gasteiger partial charge on any atom is -0.457 e. The van der Waals surface area contributed by atoms with E-state index in [-0.39, 0.29) is 28.6 Å². The molecule has 0 heterocycles. The third-order valence-corrected chi connectivity index (χ3v) is 6.03. The zero-order valence-electron chi connectivity index (χ0n) is 23.2. The van der Waals surface area contributed by atoms with Crippen LogP contribution in [0.3, 0.4) is 0 Å². The summed E-state index contributed by atoms with van der Waals surface area (Å²) in [6.45, 7) is 3.35. The number of anilines is 2. The normalized spacial score (nSPS) is 10.5. The Kier molecular flexibility index (Phi) is 9.74. The minimum absolute atomic E-state index is 0.0408. The molecule has 0 bridgehead atoms. The lowest BCUT2D eigenvalue weighted by Gasteiger charge is -2.29. The van der Waals surface area contributed by atoms with Gasteiger partial charge in [-0.1, -0.05) is 59.8 Å². The summed E-state index contributed by atoms with van der Waals surface area (Å²) in [5, 5.41) is 5.00. The highest BCUT2D eigenvalue weighted by Gasteiger charge is 2.30. The molecule has 4 aromatic rings. The molecule has 0 fully saturated rings. The Morgan fingerprint density at radius 3 is 2.09 bits per heavy atom. The van der Waals surface area contributed by atoms with Gasteiger partial charge in [0, 0.05) is 6.04 Å². The van der Waals surface area contributed by atoms with Gasteiger partial charge < -0.3 is 9.47 Å². The molecule has 2 N–H and O–H groups in total. The lowest BCUT2D eigenvalue weighted by atomic mass is 10.1. The Balaban J connectivity index is 1.64. The zero-order valence-corrected chi connectivity index (χ0v) is 23.2. The van der Waals surface area contributed by atoms with Crippen LogP contribution in [0.2, 0.25) is 0 Å². The van der Waals surface area contributed by atoms with Gasteiger partial charge in [-0.3, -0.25) is 10.2 Å². The number of urea groups is 2. The number of nitrogens with one attached hydrogen (secondary N) is 2. The van der Waals surface area contributed by atoms with Gasteiger partial charge in [-0.05, 0) is 61.9 Å². The lowest BCUT2D eigenvalue weighted by molar-refractivity contribution is 0.0472. The van der Waals surface area contributed by atoms with Crippen molar-refractivity contribution in [1.82, 2.24) is 5.32 Å². The Morgan fingerprint density at radius 1 is 0.860 bits per heavy atom. The number of benzene rings is 4. The Morgan fingerprint density at radius 2 is 1.49 bits per heavy atom. The smallest absolute Gasteiger partial charge is 0.352 e. The van der Waals surface area contributed by atoms with Crippen molar-refractivity contribution < 1.29 is 32.6 Å². The molecule has 0 aromatic heterocycles. The van der Waals surface area contributed by atoms with Crippen LogP contribution in [0.1, 0.15) is 29.8 Å². The summed E-state index contributed by atoms with van der Waals surface area (Å²) in [6.07, 6.45) is 0. The molecule has 0 saturated heterocycles. The van der Waals surface area contributed by atoms with Crippen LogP contribution >= 0.6 is 0 Å². The summed E-state index contributed by atoms with van der Waals surface area (Å²) >= 11 is 0. The highest BCUT2D eigenvalue weighted by atomic mass is 19.1. The van der Waals surface area contributed by atoms with Gasteiger partial charge in [0.2, 0.25) is 0 Å². The molecule has 43 heavy (non-hydrogen) atoms. The third kappa shape index (κ3) is 7.36. The van der Waals surface area contributed by atoms with Crippen molar-refractivity contribution in [3.63, 3.8) is 0 Å². The Hall–Kier alpha value is -5.65. The summed E-state index contributed by atoms with van der Waals surface area (Å²) < 4.78 is 40.1. The fourth-order valence-electron chi connectivity index (χ4n) is 4.06. The second-order valence-electron chi connectivity index (χ2n) is 9.34. The van der Waals surface area contributed by atoms with Crippen LogP contribution in [-0.2, 0) is 11.3 Å². The topological polar surface area (TPSA) is 124 Å². The van der Waals surface area contributed by atoms with E-state index in [0.717, 1.165) is 28.7 Å². The Bertz CT molecular complexity index is 1600. The number of hydrogen-bond acceptors (Lipinski definition) is 7. The standard InChI is InChI=1S/C31H27F2N5O5/c1-20(2)37(30(40)35-31(41)38(36-34)28-24(32)14-9-15-25(28)33)26-17-16-22(18-27(26)43-23-12-7-4-8-13-23)29(39)42-19-21-10-5-3-6-11-21/h3-18,20,34H,19H2,1-2H3,(H,35,40,41). The van der Waals surface area contributed by atoms with Gasteiger partial charge in [-0.25, -0.2) is 23.2 Å². The van der Waals surface area contributed by atoms with Crippen LogP contribution in [0, 0.1) is 17.2 Å². The molecule has 4 amide bonds. The van der Waals surface area contributed by atoms with E-state index in [1.54, 1.807) is 44.2 Å². The molecule has 0 radical (unpaired) electrons. The summed E-state index contributed by atoms with van der Waals surface area (Å²) in [7, 11) is 0. The van der Waals surface area contributed by atoms with Gasteiger partial charge in [0.25, 0.3) is 0 Å². The molecular formula is C31H27F2N5O5. The molecule has 4 aromatic carbocycles. The number of para-hydroxylation sites is 2. The molecule has 10 nitrogen and oxygen atoms in total. The predicted octanol–water partition coefficient (Wildman–Crippen LogP) is 7.61. The average Bonchev–Trinajstić information content (AvgIpc) is 2.99. The van der Waals surface area contributed by atoms with E-state index < -0.39 is 41.4 Å². The summed E-state index contributed by atoms with van der Waals surface area (Å²) in [5.74, 6) is -2.48. The number of carbonyl (C=O) groups is 3. The van der Waals surface area contributed by atoms with Crippen molar-refractivity contribution in [2.24, 2.45) is 5.22 Å². The molecule has 0 aliphatic rings. The number of amides is 4. The average molecular weight is 588 g/mol. The number of imide groups is 1. The van der Waals surface area contributed by atoms with Gasteiger partial charge in [0.1, 0.15) is 18.0 Å². The monoisotopic (exact) mass is 587 g/mol. The van der Waals surface area contributed by atoms with Crippen LogP contribution in [0.5, 0.6) is 11.5 Å². The molecule has 0 saturated carbocycles. The molecule has 0 unspecified atom stereocenters. The SMILES string of the molecule is CC(C)N(C(=O)NC(=O)N(N=N)c1c(F)cccc1F)c1ccc(C(=O)OCc2ccccc2)cc1Oc1ccccc1. The van der Waals surface area contributed by atoms with E-state index >= 15 is 0 Å². The number of esters is 1. The molecule has 0 atom stereocenters. The van der Waals surface area contributed by atoms with Gasteiger partial charge in [0.15, 0.2) is 17.4 Å². The van der Waals surface area contributed by atoms with Crippen LogP contribution < -0.4 is 20.0 Å². The molecular weight excluding hydrogens is 560 g/mol. The molecule has 0 spiro atoms. The fraction of sp³-hybridized carbons (Fsp3) is 0.129. The maximum absolute atomic E-state index is 14.3. The van der Waals surface area contributed by atoms with Crippen LogP contribution in [0.25, 0.3) is 0 Å². The van der Waals surface area contributed by atoms with Crippen molar-refractivity contribution in [3.8, 4) is 11.5 Å². The number of carbonyl (C=O) groups excluding carboxylic acids is 3. The second-order valence-corrected chi connectivity index (χ2v) is 9.34. The fourth-order valence-corrected chi connectivity index (χ4v) is 4.06. The maximum Gasteiger partial charge on any atom is 0.352 e. The first-order valence-corrected chi connectivity index (χ1v) is 13.0. The van der Waals surface area contributed by atoms with E-state index in [1.165, 1.54) is 18.2 Å². The quantitative estimate of drug-likeness (QED) is 0.118. The van der Waals surface area contributed by atoms with Crippen LogP contribution in [-0.4, -0.2) is 24.1 Å². The predicted molar refractivity (Wildman–Crippen MR) is 154 cm³/mol. The molecule has 0 aliphatic carbocycles. The van der Waals surface area contributed by atoms with Crippen molar-refractivity contribution in [2.75, 3.05) is 9.91 Å². The van der Waals surface area contributed by atoms with Crippen molar-refractivity contribution in [2.45, 2.75) is 26.5 Å². The number of ether oxygens (including phenoxy) is 2. The van der Waals surface area contributed by atoms with Gasteiger partial charge in [-0.15, -0.1) is 0 Å². The maximum atomic E-state index is 14.3. The summed E-state index contributed by atoms with van der Waals surface area (Å²) in [5.41, 5.74) is 7.47. The molecule has 0 aliphatic heterocycles. The van der Waals surface area contributed by atoms with E-state index in [0.29, 0.717) is 5.75 Å². The van der Waals surface area contributed by atoms with Crippen LogP contribution in [0.4, 0.5) is 29.7 Å². The third-order valence-electron chi connectivity index (χ3n) is 6.03. The first-order chi connectivity index (χ1) is 20.7. The van der Waals surface area contributed by atoms with Crippen molar-refractivity contribution in [3.05, 3.63) is 120 Å². The molecule has 220 valence electrons. The van der Waals surface area contributed by atoms with E-state index in [4.69, 9.17) is 15.0 Å². The summed E-state index contributed by atoms with van der Waals surface area (Å²) in [6, 6.07) is 21.9. The van der Waals surface area contributed by atoms with Gasteiger partial charge in [0.05, 0.1) is 11.3 Å².